The van der Waals surface area contributed by atoms with Gasteiger partial charge in [0.15, 0.2) is 17.5 Å². The SMILES string of the molecule is CC1(C)c2cc(-c3cccc(-c4nc(-c5ccccc5)nc(-c5cccc6c5oc5ccccc56)n4)c3)ccc2-c2cc3oc4ccccc4c3cc21. The molecule has 5 heteroatoms. The van der Waals surface area contributed by atoms with E-state index < -0.39 is 0 Å². The van der Waals surface area contributed by atoms with Crippen LogP contribution in [0.5, 0.6) is 0 Å². The molecule has 0 saturated heterocycles. The van der Waals surface area contributed by atoms with Crippen LogP contribution >= 0.6 is 0 Å². The first kappa shape index (κ1) is 29.8. The third-order valence-corrected chi connectivity index (χ3v) is 10.9. The molecule has 0 N–H and O–H groups in total. The Balaban J connectivity index is 1.03. The molecule has 0 saturated carbocycles. The number of nitrogens with zero attached hydrogens (tertiary/aromatic N) is 3. The highest BCUT2D eigenvalue weighted by Crippen LogP contribution is 2.51. The Morgan fingerprint density at radius 1 is 0.377 bits per heavy atom. The molecule has 53 heavy (non-hydrogen) atoms. The fourth-order valence-corrected chi connectivity index (χ4v) is 8.24. The predicted molar refractivity (Wildman–Crippen MR) is 214 cm³/mol. The van der Waals surface area contributed by atoms with Crippen molar-refractivity contribution < 1.29 is 8.83 Å². The van der Waals surface area contributed by atoms with Crippen LogP contribution in [0.1, 0.15) is 25.0 Å². The highest BCUT2D eigenvalue weighted by atomic mass is 16.3. The maximum Gasteiger partial charge on any atom is 0.167 e. The fourth-order valence-electron chi connectivity index (χ4n) is 8.24. The first-order valence-electron chi connectivity index (χ1n) is 17.9. The van der Waals surface area contributed by atoms with Gasteiger partial charge in [0.05, 0.1) is 5.56 Å². The van der Waals surface area contributed by atoms with Crippen molar-refractivity contribution >= 4 is 43.9 Å². The van der Waals surface area contributed by atoms with Crippen LogP contribution in [0, 0.1) is 0 Å². The van der Waals surface area contributed by atoms with Gasteiger partial charge < -0.3 is 8.83 Å². The zero-order chi connectivity index (χ0) is 35.3. The molecular weight excluding hydrogens is 651 g/mol. The van der Waals surface area contributed by atoms with Crippen molar-refractivity contribution in [1.29, 1.82) is 0 Å². The van der Waals surface area contributed by atoms with Crippen LogP contribution in [0.3, 0.4) is 0 Å². The predicted octanol–water partition coefficient (Wildman–Crippen LogP) is 12.6. The zero-order valence-corrected chi connectivity index (χ0v) is 29.1. The first-order chi connectivity index (χ1) is 26.0. The normalized spacial score (nSPS) is 13.2. The molecule has 3 heterocycles. The third kappa shape index (κ3) is 4.54. The Morgan fingerprint density at radius 3 is 1.81 bits per heavy atom. The number of hydrogen-bond donors (Lipinski definition) is 0. The summed E-state index contributed by atoms with van der Waals surface area (Å²) >= 11 is 0. The number of benzene rings is 7. The smallest absolute Gasteiger partial charge is 0.167 e. The second-order valence-electron chi connectivity index (χ2n) is 14.4. The van der Waals surface area contributed by atoms with Crippen molar-refractivity contribution in [1.82, 2.24) is 15.0 Å². The Labute approximate surface area is 305 Å². The van der Waals surface area contributed by atoms with E-state index in [4.69, 9.17) is 23.8 Å². The van der Waals surface area contributed by atoms with Crippen LogP contribution in [-0.4, -0.2) is 15.0 Å². The van der Waals surface area contributed by atoms with E-state index in [-0.39, 0.29) is 5.41 Å². The van der Waals surface area contributed by atoms with Crippen LogP contribution < -0.4 is 0 Å². The number of fused-ring (bicyclic) bond motifs is 9. The van der Waals surface area contributed by atoms with Crippen LogP contribution in [0.2, 0.25) is 0 Å². The average molecular weight is 682 g/mol. The van der Waals surface area contributed by atoms with Gasteiger partial charge in [-0.3, -0.25) is 0 Å². The fraction of sp³-hybridized carbons (Fsp3) is 0.0625. The maximum atomic E-state index is 6.41. The molecule has 0 amide bonds. The van der Waals surface area contributed by atoms with Crippen molar-refractivity contribution in [3.05, 3.63) is 163 Å². The summed E-state index contributed by atoms with van der Waals surface area (Å²) in [5, 5.41) is 4.42. The van der Waals surface area contributed by atoms with Gasteiger partial charge in [0, 0.05) is 38.1 Å². The average Bonchev–Trinajstić information content (AvgIpc) is 3.84. The lowest BCUT2D eigenvalue weighted by atomic mass is 9.81. The van der Waals surface area contributed by atoms with Gasteiger partial charge in [-0.15, -0.1) is 0 Å². The first-order valence-corrected chi connectivity index (χ1v) is 17.9. The van der Waals surface area contributed by atoms with Crippen LogP contribution in [0.25, 0.3) is 100 Å². The summed E-state index contributed by atoms with van der Waals surface area (Å²) in [6, 6.07) is 52.6. The zero-order valence-electron chi connectivity index (χ0n) is 29.1. The topological polar surface area (TPSA) is 65.0 Å². The Kier molecular flexibility index (Phi) is 6.23. The molecule has 11 rings (SSSR count). The Morgan fingerprint density at radius 2 is 0.981 bits per heavy atom. The quantitative estimate of drug-likeness (QED) is 0.185. The van der Waals surface area contributed by atoms with E-state index in [2.05, 4.69) is 92.7 Å². The summed E-state index contributed by atoms with van der Waals surface area (Å²) in [6.45, 7) is 4.65. The second-order valence-corrected chi connectivity index (χ2v) is 14.4. The summed E-state index contributed by atoms with van der Waals surface area (Å²) in [5.74, 6) is 1.78. The summed E-state index contributed by atoms with van der Waals surface area (Å²) < 4.78 is 12.7. The standard InChI is InChI=1S/C48H31N3O2/c1-48(2)39-25-30(22-23-32(39)37-27-43-38(26-40(37)48)34-17-7-8-20-41(34)52-43)29-14-10-15-31(24-29)46-49-45(28-12-4-3-5-13-28)50-47(51-46)36-19-11-18-35-33-16-6-9-21-42(33)53-44(35)36/h3-27H,1-2H3. The van der Waals surface area contributed by atoms with Gasteiger partial charge in [-0.25, -0.2) is 15.0 Å². The molecule has 7 aromatic carbocycles. The minimum Gasteiger partial charge on any atom is -0.456 e. The van der Waals surface area contributed by atoms with E-state index in [1.54, 1.807) is 0 Å². The molecule has 250 valence electrons. The minimum atomic E-state index is -0.184. The summed E-state index contributed by atoms with van der Waals surface area (Å²) in [4.78, 5) is 15.2. The molecule has 0 bridgehead atoms. The van der Waals surface area contributed by atoms with Crippen molar-refractivity contribution in [3.63, 3.8) is 0 Å². The van der Waals surface area contributed by atoms with Gasteiger partial charge in [0.1, 0.15) is 22.3 Å². The maximum absolute atomic E-state index is 6.41. The van der Waals surface area contributed by atoms with E-state index in [0.29, 0.717) is 17.5 Å². The Hall–Kier alpha value is -6.85. The molecule has 1 aliphatic rings. The van der Waals surface area contributed by atoms with Gasteiger partial charge in [-0.05, 0) is 75.8 Å². The minimum absolute atomic E-state index is 0.184. The van der Waals surface area contributed by atoms with Gasteiger partial charge in [-0.1, -0.05) is 123 Å². The number of aromatic nitrogens is 3. The van der Waals surface area contributed by atoms with E-state index in [9.17, 15) is 0 Å². The van der Waals surface area contributed by atoms with Gasteiger partial charge >= 0.3 is 0 Å². The highest BCUT2D eigenvalue weighted by Gasteiger charge is 2.36. The summed E-state index contributed by atoms with van der Waals surface area (Å²) in [6.07, 6.45) is 0. The highest BCUT2D eigenvalue weighted by molar-refractivity contribution is 6.09. The number of para-hydroxylation sites is 3. The van der Waals surface area contributed by atoms with Crippen molar-refractivity contribution in [2.24, 2.45) is 0 Å². The lowest BCUT2D eigenvalue weighted by Gasteiger charge is -2.22. The molecule has 0 spiro atoms. The molecule has 0 aliphatic heterocycles. The lowest BCUT2D eigenvalue weighted by molar-refractivity contribution is 0.658. The monoisotopic (exact) mass is 681 g/mol. The van der Waals surface area contributed by atoms with Crippen molar-refractivity contribution in [3.8, 4) is 56.4 Å². The van der Waals surface area contributed by atoms with E-state index in [1.165, 1.54) is 22.3 Å². The number of rotatable bonds is 4. The Bertz CT molecular complexity index is 3100. The summed E-state index contributed by atoms with van der Waals surface area (Å²) in [7, 11) is 0. The van der Waals surface area contributed by atoms with Gasteiger partial charge in [0.25, 0.3) is 0 Å². The third-order valence-electron chi connectivity index (χ3n) is 10.9. The van der Waals surface area contributed by atoms with Gasteiger partial charge in [0.2, 0.25) is 0 Å². The van der Waals surface area contributed by atoms with Crippen LogP contribution in [-0.2, 0) is 5.41 Å². The molecule has 0 radical (unpaired) electrons. The van der Waals surface area contributed by atoms with E-state index in [0.717, 1.165) is 71.7 Å². The molecule has 1 aliphatic carbocycles. The van der Waals surface area contributed by atoms with Crippen LogP contribution in [0.4, 0.5) is 0 Å². The van der Waals surface area contributed by atoms with Crippen LogP contribution in [0.15, 0.2) is 160 Å². The van der Waals surface area contributed by atoms with Gasteiger partial charge in [-0.2, -0.15) is 0 Å². The van der Waals surface area contributed by atoms with E-state index in [1.807, 2.05) is 72.8 Å². The second kappa shape index (κ2) is 11.1. The van der Waals surface area contributed by atoms with Crippen molar-refractivity contribution in [2.75, 3.05) is 0 Å². The molecule has 0 atom stereocenters. The van der Waals surface area contributed by atoms with Crippen molar-refractivity contribution in [2.45, 2.75) is 19.3 Å². The molecule has 5 nitrogen and oxygen atoms in total. The molecule has 3 aromatic heterocycles. The lowest BCUT2D eigenvalue weighted by Crippen LogP contribution is -2.15. The largest absolute Gasteiger partial charge is 0.456 e. The molecule has 10 aromatic rings. The molecular formula is C48H31N3O2. The molecule has 0 unspecified atom stereocenters. The summed E-state index contributed by atoms with van der Waals surface area (Å²) in [5.41, 5.74) is 13.3. The number of hydrogen-bond acceptors (Lipinski definition) is 5. The van der Waals surface area contributed by atoms with E-state index >= 15 is 0 Å². The molecule has 0 fully saturated rings. The number of furan rings is 2.